The Bertz CT molecular complexity index is 1810. The van der Waals surface area contributed by atoms with Gasteiger partial charge < -0.3 is 30.1 Å². The molecule has 3 amide bonds. The zero-order valence-electron chi connectivity index (χ0n) is 26.5. The van der Waals surface area contributed by atoms with Crippen molar-refractivity contribution in [3.8, 4) is 5.75 Å². The minimum Gasteiger partial charge on any atom is -0.494 e. The molecule has 1 spiro atoms. The third-order valence-electron chi connectivity index (χ3n) is 10.2. The van der Waals surface area contributed by atoms with Crippen LogP contribution < -0.4 is 15.4 Å². The molecule has 3 aromatic carbocycles. The number of carbonyl (C=O) groups excluding carboxylic acids is 3. The Balaban J connectivity index is 1.25. The van der Waals surface area contributed by atoms with Gasteiger partial charge in [0, 0.05) is 5.69 Å². The smallest absolute Gasteiger partial charge is 0.247 e. The molecule has 7 rings (SSSR count). The zero-order chi connectivity index (χ0) is 32.9. The first-order valence-electron chi connectivity index (χ1n) is 16.0. The van der Waals surface area contributed by atoms with Crippen molar-refractivity contribution in [2.24, 2.45) is 17.8 Å². The summed E-state index contributed by atoms with van der Waals surface area (Å²) in [5.74, 6) is -2.54. The highest BCUT2D eigenvalue weighted by Crippen LogP contribution is 2.66. The van der Waals surface area contributed by atoms with Crippen LogP contribution in [0.4, 0.5) is 5.69 Å². The summed E-state index contributed by atoms with van der Waals surface area (Å²) in [6.45, 7) is 5.85. The maximum Gasteiger partial charge on any atom is 0.247 e. The van der Waals surface area contributed by atoms with Gasteiger partial charge in [-0.25, -0.2) is 4.68 Å². The number of likely N-dealkylation sites (tertiary alicyclic amines) is 1. The Labute approximate surface area is 272 Å². The molecule has 244 valence electrons. The first-order chi connectivity index (χ1) is 22.7. The lowest BCUT2D eigenvalue weighted by Gasteiger charge is -2.37. The number of benzene rings is 3. The van der Waals surface area contributed by atoms with Gasteiger partial charge in [0.15, 0.2) is 0 Å². The Hall–Kier alpha value is -4.81. The number of aromatic nitrogens is 3. The van der Waals surface area contributed by atoms with E-state index in [1.807, 2.05) is 75.4 Å². The van der Waals surface area contributed by atoms with E-state index in [9.17, 15) is 19.5 Å². The number of nitrogens with one attached hydrogen (secondary N) is 2. The second-order valence-electron chi connectivity index (χ2n) is 12.8. The molecule has 4 heterocycles. The van der Waals surface area contributed by atoms with Gasteiger partial charge >= 0.3 is 0 Å². The number of amides is 3. The zero-order valence-corrected chi connectivity index (χ0v) is 26.5. The van der Waals surface area contributed by atoms with Crippen molar-refractivity contribution in [3.05, 3.63) is 84.4 Å². The van der Waals surface area contributed by atoms with Crippen LogP contribution in [-0.4, -0.2) is 73.2 Å². The molecule has 0 radical (unpaired) electrons. The normalized spacial score (nSPS) is 28.3. The fourth-order valence-corrected chi connectivity index (χ4v) is 8.05. The topological polar surface area (TPSA) is 148 Å². The first kappa shape index (κ1) is 30.8. The van der Waals surface area contributed by atoms with E-state index in [2.05, 4.69) is 20.9 Å². The lowest BCUT2D eigenvalue weighted by Crippen LogP contribution is -2.56. The predicted octanol–water partition coefficient (Wildman–Crippen LogP) is 3.29. The number of para-hydroxylation sites is 1. The SMILES string of the molecule is CCOc1ccc(NC(=O)[C@@H]2[C@H]3C(=O)N([C@H](CO)c4ccccc4)C(C(=O)NCn4nnc5ccccc54)C34CC(C)[C@@]2(C)O4)cc1. The minimum absolute atomic E-state index is 0.00221. The number of ether oxygens (including phenoxy) is 2. The van der Waals surface area contributed by atoms with E-state index >= 15 is 0 Å². The van der Waals surface area contributed by atoms with Crippen molar-refractivity contribution >= 4 is 34.4 Å². The van der Waals surface area contributed by atoms with Crippen LogP contribution in [0.3, 0.4) is 0 Å². The fraction of sp³-hybridized carbons (Fsp3) is 0.400. The molecule has 12 heteroatoms. The highest BCUT2D eigenvalue weighted by molar-refractivity contribution is 6.02. The van der Waals surface area contributed by atoms with E-state index in [-0.39, 0.29) is 18.5 Å². The van der Waals surface area contributed by atoms with Crippen LogP contribution in [0.15, 0.2) is 78.9 Å². The number of carbonyl (C=O) groups is 3. The molecule has 12 nitrogen and oxygen atoms in total. The molecule has 3 fully saturated rings. The van der Waals surface area contributed by atoms with E-state index in [0.29, 0.717) is 35.5 Å². The third-order valence-corrected chi connectivity index (χ3v) is 10.2. The summed E-state index contributed by atoms with van der Waals surface area (Å²) in [5, 5.41) is 25.1. The molecule has 4 aromatic rings. The van der Waals surface area contributed by atoms with Gasteiger partial charge in [-0.1, -0.05) is 54.6 Å². The number of hydrogen-bond acceptors (Lipinski definition) is 8. The summed E-state index contributed by atoms with van der Waals surface area (Å²) in [6, 6.07) is 21.6. The molecule has 3 aliphatic heterocycles. The Morgan fingerprint density at radius 1 is 1.06 bits per heavy atom. The second-order valence-corrected chi connectivity index (χ2v) is 12.8. The highest BCUT2D eigenvalue weighted by atomic mass is 16.5. The summed E-state index contributed by atoms with van der Waals surface area (Å²) >= 11 is 0. The van der Waals surface area contributed by atoms with Crippen molar-refractivity contribution in [3.63, 3.8) is 0 Å². The third kappa shape index (κ3) is 4.85. The lowest BCUT2D eigenvalue weighted by atomic mass is 9.62. The van der Waals surface area contributed by atoms with Crippen LogP contribution in [-0.2, 0) is 25.8 Å². The molecule has 3 aliphatic rings. The van der Waals surface area contributed by atoms with Crippen molar-refractivity contribution < 1.29 is 29.0 Å². The Kier molecular flexibility index (Phi) is 7.72. The lowest BCUT2D eigenvalue weighted by molar-refractivity contribution is -0.150. The summed E-state index contributed by atoms with van der Waals surface area (Å²) in [7, 11) is 0. The number of rotatable bonds is 10. The van der Waals surface area contributed by atoms with Crippen LogP contribution in [0.5, 0.6) is 5.75 Å². The molecule has 0 saturated carbocycles. The number of aliphatic hydroxyl groups is 1. The summed E-state index contributed by atoms with van der Waals surface area (Å²) in [5.41, 5.74) is 0.339. The van der Waals surface area contributed by atoms with Gasteiger partial charge in [-0.2, -0.15) is 0 Å². The number of nitrogens with zero attached hydrogens (tertiary/aromatic N) is 4. The first-order valence-corrected chi connectivity index (χ1v) is 16.0. The summed E-state index contributed by atoms with van der Waals surface area (Å²) < 4.78 is 14.0. The monoisotopic (exact) mass is 638 g/mol. The van der Waals surface area contributed by atoms with Crippen molar-refractivity contribution in [1.29, 1.82) is 0 Å². The van der Waals surface area contributed by atoms with Gasteiger partial charge in [0.1, 0.15) is 29.6 Å². The maximum atomic E-state index is 14.7. The van der Waals surface area contributed by atoms with Crippen LogP contribution in [0.25, 0.3) is 11.0 Å². The Morgan fingerprint density at radius 2 is 1.79 bits per heavy atom. The van der Waals surface area contributed by atoms with Gasteiger partial charge in [0.2, 0.25) is 17.7 Å². The van der Waals surface area contributed by atoms with E-state index in [1.54, 1.807) is 28.9 Å². The van der Waals surface area contributed by atoms with Crippen LogP contribution in [0.1, 0.15) is 38.8 Å². The standard InChI is InChI=1S/C35H38N6O6/c1-4-46-24-16-14-23(15-17-24)37-31(43)28-29-33(45)41(27(19-42)22-10-6-5-7-11-22)30(35(29)18-21(2)34(28,3)47-35)32(44)36-20-40-26-13-9-8-12-25(26)38-39-40/h5-17,21,27-30,42H,4,18-20H2,1-3H3,(H,36,44)(H,37,43)/t21?,27-,28+,29+,30?,34-,35?/m1/s1. The molecular weight excluding hydrogens is 600 g/mol. The van der Waals surface area contributed by atoms with E-state index in [4.69, 9.17) is 9.47 Å². The molecule has 1 aromatic heterocycles. The molecule has 47 heavy (non-hydrogen) atoms. The van der Waals surface area contributed by atoms with E-state index in [1.165, 1.54) is 4.90 Å². The van der Waals surface area contributed by atoms with Gasteiger partial charge in [-0.15, -0.1) is 5.10 Å². The van der Waals surface area contributed by atoms with Crippen molar-refractivity contribution in [1.82, 2.24) is 25.2 Å². The largest absolute Gasteiger partial charge is 0.494 e. The quantitative estimate of drug-likeness (QED) is 0.240. The molecule has 3 N–H and O–H groups in total. The van der Waals surface area contributed by atoms with Crippen LogP contribution >= 0.6 is 0 Å². The molecule has 3 unspecified atom stereocenters. The average Bonchev–Trinajstić information content (AvgIpc) is 3.75. The van der Waals surface area contributed by atoms with Gasteiger partial charge in [-0.05, 0) is 68.1 Å². The fourth-order valence-electron chi connectivity index (χ4n) is 8.05. The number of anilines is 1. The molecule has 2 bridgehead atoms. The maximum absolute atomic E-state index is 14.7. The van der Waals surface area contributed by atoms with Crippen LogP contribution in [0.2, 0.25) is 0 Å². The molecule has 7 atom stereocenters. The van der Waals surface area contributed by atoms with Crippen LogP contribution in [0, 0.1) is 17.8 Å². The van der Waals surface area contributed by atoms with Crippen molar-refractivity contribution in [2.45, 2.75) is 57.1 Å². The Morgan fingerprint density at radius 3 is 2.51 bits per heavy atom. The average molecular weight is 639 g/mol. The number of aliphatic hydroxyl groups excluding tert-OH is 1. The number of fused-ring (bicyclic) bond motifs is 2. The molecule has 3 saturated heterocycles. The predicted molar refractivity (Wildman–Crippen MR) is 172 cm³/mol. The van der Waals surface area contributed by atoms with Crippen molar-refractivity contribution in [2.75, 3.05) is 18.5 Å². The van der Waals surface area contributed by atoms with E-state index in [0.717, 1.165) is 5.52 Å². The molecular formula is C35H38N6O6. The number of hydrogen-bond donors (Lipinski definition) is 3. The summed E-state index contributed by atoms with van der Waals surface area (Å²) in [4.78, 5) is 44.8. The van der Waals surface area contributed by atoms with Gasteiger partial charge in [-0.3, -0.25) is 14.4 Å². The van der Waals surface area contributed by atoms with Gasteiger partial charge in [0.25, 0.3) is 0 Å². The van der Waals surface area contributed by atoms with E-state index < -0.39 is 53.5 Å². The second kappa shape index (κ2) is 11.8. The minimum atomic E-state index is -1.30. The highest BCUT2D eigenvalue weighted by Gasteiger charge is 2.80. The molecule has 0 aliphatic carbocycles. The van der Waals surface area contributed by atoms with Gasteiger partial charge in [0.05, 0.1) is 42.2 Å². The summed E-state index contributed by atoms with van der Waals surface area (Å²) in [6.07, 6.45) is 0.389.